The lowest BCUT2D eigenvalue weighted by Gasteiger charge is -2.17. The number of carbonyl (C=O) groups is 3. The minimum absolute atomic E-state index is 0.176. The molecule has 0 bridgehead atoms. The van der Waals surface area contributed by atoms with Crippen LogP contribution in [0.1, 0.15) is 74.1 Å². The Hall–Kier alpha value is -2.93. The van der Waals surface area contributed by atoms with Crippen LogP contribution < -0.4 is 0 Å². The summed E-state index contributed by atoms with van der Waals surface area (Å²) in [5.41, 5.74) is 4.01. The molecule has 0 spiro atoms. The van der Waals surface area contributed by atoms with Gasteiger partial charge in [0.15, 0.2) is 6.10 Å². The summed E-state index contributed by atoms with van der Waals surface area (Å²) in [5.74, 6) is -1.33. The average molecular weight is 489 g/mol. The van der Waals surface area contributed by atoms with Gasteiger partial charge in [0, 0.05) is 19.4 Å². The molecule has 7 nitrogen and oxygen atoms in total. The molecule has 0 aromatic heterocycles. The SMILES string of the molecule is CC/C(C)=C/C(=O)OC/C=C(/C)CC/C=C(\C)[C@H](C/C=C1/C(=O)O[C@H](C=C(C)C)[C@H]1O)OC(C)=O. The molecule has 0 radical (unpaired) electrons. The van der Waals surface area contributed by atoms with Crippen molar-refractivity contribution < 1.29 is 33.7 Å². The molecule has 3 atom stereocenters. The lowest BCUT2D eigenvalue weighted by molar-refractivity contribution is -0.144. The Labute approximate surface area is 209 Å². The maximum atomic E-state index is 12.2. The monoisotopic (exact) mass is 488 g/mol. The van der Waals surface area contributed by atoms with Crippen molar-refractivity contribution in [3.8, 4) is 0 Å². The van der Waals surface area contributed by atoms with Crippen molar-refractivity contribution in [1.29, 1.82) is 0 Å². The van der Waals surface area contributed by atoms with Crippen LogP contribution in [0, 0.1) is 0 Å². The zero-order chi connectivity index (χ0) is 26.5. The Bertz CT molecular complexity index is 914. The largest absolute Gasteiger partial charge is 0.458 e. The molecule has 0 saturated carbocycles. The smallest absolute Gasteiger partial charge is 0.337 e. The summed E-state index contributed by atoms with van der Waals surface area (Å²) in [6.07, 6.45) is 8.86. The molecule has 35 heavy (non-hydrogen) atoms. The molecule has 1 heterocycles. The van der Waals surface area contributed by atoms with Gasteiger partial charge >= 0.3 is 17.9 Å². The van der Waals surface area contributed by atoms with Crippen molar-refractivity contribution in [2.45, 2.75) is 92.5 Å². The fraction of sp³-hybridized carbons (Fsp3) is 0.536. The van der Waals surface area contributed by atoms with Crippen LogP contribution in [0.4, 0.5) is 0 Å². The Kier molecular flexibility index (Phi) is 13.0. The van der Waals surface area contributed by atoms with Crippen molar-refractivity contribution in [3.05, 3.63) is 58.2 Å². The molecule has 1 rings (SSSR count). The van der Waals surface area contributed by atoms with Gasteiger partial charge in [-0.3, -0.25) is 4.79 Å². The van der Waals surface area contributed by atoms with E-state index in [9.17, 15) is 19.5 Å². The predicted molar refractivity (Wildman–Crippen MR) is 135 cm³/mol. The number of aliphatic hydroxyl groups excluding tert-OH is 1. The second kappa shape index (κ2) is 15.1. The number of hydrogen-bond donors (Lipinski definition) is 1. The van der Waals surface area contributed by atoms with E-state index in [2.05, 4.69) is 0 Å². The van der Waals surface area contributed by atoms with E-state index in [1.807, 2.05) is 53.7 Å². The Morgan fingerprint density at radius 3 is 2.37 bits per heavy atom. The summed E-state index contributed by atoms with van der Waals surface area (Å²) >= 11 is 0. The van der Waals surface area contributed by atoms with Crippen molar-refractivity contribution in [1.82, 2.24) is 0 Å². The Morgan fingerprint density at radius 1 is 1.09 bits per heavy atom. The zero-order valence-electron chi connectivity index (χ0n) is 22.1. The molecule has 1 aliphatic rings. The molecule has 0 aliphatic carbocycles. The van der Waals surface area contributed by atoms with Gasteiger partial charge in [-0.15, -0.1) is 0 Å². The second-order valence-corrected chi connectivity index (χ2v) is 9.06. The first kappa shape index (κ1) is 30.1. The molecule has 0 aromatic carbocycles. The van der Waals surface area contributed by atoms with Gasteiger partial charge < -0.3 is 19.3 Å². The number of esters is 3. The van der Waals surface area contributed by atoms with E-state index in [0.717, 1.165) is 35.1 Å². The quantitative estimate of drug-likeness (QED) is 0.177. The highest BCUT2D eigenvalue weighted by molar-refractivity contribution is 5.92. The minimum Gasteiger partial charge on any atom is -0.458 e. The van der Waals surface area contributed by atoms with Crippen LogP contribution in [0.3, 0.4) is 0 Å². The number of hydrogen-bond acceptors (Lipinski definition) is 7. The summed E-state index contributed by atoms with van der Waals surface area (Å²) in [7, 11) is 0. The number of ether oxygens (including phenoxy) is 3. The number of rotatable bonds is 12. The van der Waals surface area contributed by atoms with Crippen molar-refractivity contribution >= 4 is 17.9 Å². The number of cyclic esters (lactones) is 1. The summed E-state index contributed by atoms with van der Waals surface area (Å²) in [4.78, 5) is 35.5. The maximum absolute atomic E-state index is 12.2. The maximum Gasteiger partial charge on any atom is 0.337 e. The Morgan fingerprint density at radius 2 is 1.77 bits per heavy atom. The fourth-order valence-corrected chi connectivity index (χ4v) is 3.34. The highest BCUT2D eigenvalue weighted by Crippen LogP contribution is 2.25. The topological polar surface area (TPSA) is 99.1 Å². The first-order chi connectivity index (χ1) is 16.4. The highest BCUT2D eigenvalue weighted by Gasteiger charge is 2.37. The van der Waals surface area contributed by atoms with Crippen molar-refractivity contribution in [2.75, 3.05) is 6.61 Å². The predicted octanol–water partition coefficient (Wildman–Crippen LogP) is 5.06. The van der Waals surface area contributed by atoms with E-state index in [4.69, 9.17) is 14.2 Å². The van der Waals surface area contributed by atoms with Gasteiger partial charge in [-0.25, -0.2) is 9.59 Å². The molecule has 0 amide bonds. The lowest BCUT2D eigenvalue weighted by Crippen LogP contribution is -2.21. The van der Waals surface area contributed by atoms with E-state index in [1.165, 1.54) is 13.0 Å². The van der Waals surface area contributed by atoms with Crippen molar-refractivity contribution in [3.63, 3.8) is 0 Å². The third kappa shape index (κ3) is 11.4. The van der Waals surface area contributed by atoms with E-state index in [1.54, 1.807) is 12.2 Å². The van der Waals surface area contributed by atoms with E-state index < -0.39 is 30.3 Å². The fourth-order valence-electron chi connectivity index (χ4n) is 3.34. The third-order valence-corrected chi connectivity index (χ3v) is 5.56. The van der Waals surface area contributed by atoms with E-state index in [0.29, 0.717) is 6.42 Å². The summed E-state index contributed by atoms with van der Waals surface area (Å²) in [6, 6.07) is 0. The molecular formula is C28H40O7. The molecule has 0 aromatic rings. The normalized spacial score (nSPS) is 21.0. The molecule has 1 fully saturated rings. The van der Waals surface area contributed by atoms with Crippen molar-refractivity contribution in [2.24, 2.45) is 0 Å². The van der Waals surface area contributed by atoms with Gasteiger partial charge in [0.2, 0.25) is 0 Å². The molecule has 1 aliphatic heterocycles. The number of carbonyl (C=O) groups excluding carboxylic acids is 3. The average Bonchev–Trinajstić information content (AvgIpc) is 3.02. The first-order valence-electron chi connectivity index (χ1n) is 12.0. The summed E-state index contributed by atoms with van der Waals surface area (Å²) in [5, 5.41) is 10.4. The minimum atomic E-state index is -1.05. The molecule has 7 heteroatoms. The van der Waals surface area contributed by atoms with Gasteiger partial charge in [-0.1, -0.05) is 35.8 Å². The van der Waals surface area contributed by atoms with E-state index in [-0.39, 0.29) is 24.6 Å². The third-order valence-electron chi connectivity index (χ3n) is 5.56. The van der Waals surface area contributed by atoms with Crippen LogP contribution in [0.15, 0.2) is 58.2 Å². The van der Waals surface area contributed by atoms with Gasteiger partial charge in [0.1, 0.15) is 18.8 Å². The standard InChI is InChI=1S/C28H40O7/c1-8-19(4)17-26(30)33-15-14-20(5)10-9-11-21(6)24(34-22(7)29)13-12-23-27(31)25(16-18(2)3)35-28(23)32/h11-12,14,16-17,24-25,27,31H,8-10,13,15H2,1-7H3/b19-17+,20-14-,21-11+,23-12+/t24-,25+,27-/m0/s1. The van der Waals surface area contributed by atoms with Gasteiger partial charge in [0.25, 0.3) is 0 Å². The van der Waals surface area contributed by atoms with Gasteiger partial charge in [-0.2, -0.15) is 0 Å². The summed E-state index contributed by atoms with van der Waals surface area (Å²) in [6.45, 7) is 13.0. The lowest BCUT2D eigenvalue weighted by atomic mass is 10.0. The highest BCUT2D eigenvalue weighted by atomic mass is 16.6. The van der Waals surface area contributed by atoms with Gasteiger partial charge in [0.05, 0.1) is 5.57 Å². The molecule has 1 N–H and O–H groups in total. The second-order valence-electron chi connectivity index (χ2n) is 9.06. The number of allylic oxidation sites excluding steroid dienone is 4. The molecule has 194 valence electrons. The van der Waals surface area contributed by atoms with Crippen LogP contribution in [0.2, 0.25) is 0 Å². The first-order valence-corrected chi connectivity index (χ1v) is 12.0. The van der Waals surface area contributed by atoms with Crippen LogP contribution in [0.25, 0.3) is 0 Å². The molecular weight excluding hydrogens is 448 g/mol. The van der Waals surface area contributed by atoms with Crippen LogP contribution in [-0.4, -0.2) is 47.9 Å². The number of aliphatic hydroxyl groups is 1. The van der Waals surface area contributed by atoms with Crippen LogP contribution in [0.5, 0.6) is 0 Å². The summed E-state index contributed by atoms with van der Waals surface area (Å²) < 4.78 is 15.9. The zero-order valence-corrected chi connectivity index (χ0v) is 22.1. The Balaban J connectivity index is 2.73. The molecule has 0 unspecified atom stereocenters. The van der Waals surface area contributed by atoms with Gasteiger partial charge in [-0.05, 0) is 71.6 Å². The molecule has 1 saturated heterocycles. The van der Waals surface area contributed by atoms with E-state index >= 15 is 0 Å². The van der Waals surface area contributed by atoms with Crippen LogP contribution in [-0.2, 0) is 28.6 Å². The van der Waals surface area contributed by atoms with Crippen LogP contribution >= 0.6 is 0 Å².